The minimum atomic E-state index is -0.108. The van der Waals surface area contributed by atoms with Crippen molar-refractivity contribution in [2.24, 2.45) is 13.0 Å². The number of aromatic nitrogens is 1. The topological polar surface area (TPSA) is 51.5 Å². The van der Waals surface area contributed by atoms with E-state index in [1.807, 2.05) is 50.4 Å². The van der Waals surface area contributed by atoms with Crippen molar-refractivity contribution >= 4 is 22.7 Å². The minimum Gasteiger partial charge on any atom is -0.466 e. The molecule has 0 spiro atoms. The van der Waals surface area contributed by atoms with Crippen LogP contribution in [0.4, 0.5) is 0 Å². The molecule has 3 aromatic rings. The second-order valence-electron chi connectivity index (χ2n) is 7.89. The van der Waals surface area contributed by atoms with E-state index < -0.39 is 0 Å². The smallest absolute Gasteiger partial charge is 0.309 e. The highest BCUT2D eigenvalue weighted by atomic mass is 16.5. The fourth-order valence-corrected chi connectivity index (χ4v) is 4.48. The number of hydrogen-bond acceptors (Lipinski definition) is 4. The van der Waals surface area contributed by atoms with E-state index in [4.69, 9.17) is 4.74 Å². The first-order valence-electron chi connectivity index (χ1n) is 10.6. The maximum absolute atomic E-state index is 13.5. The predicted octanol–water partition coefficient (Wildman–Crippen LogP) is 4.30. The summed E-state index contributed by atoms with van der Waals surface area (Å²) in [6.45, 7) is 4.09. The predicted molar refractivity (Wildman–Crippen MR) is 118 cm³/mol. The van der Waals surface area contributed by atoms with Crippen molar-refractivity contribution in [3.05, 3.63) is 60.2 Å². The van der Waals surface area contributed by atoms with Crippen molar-refractivity contribution < 1.29 is 14.3 Å². The van der Waals surface area contributed by atoms with Crippen LogP contribution in [-0.4, -0.2) is 47.5 Å². The van der Waals surface area contributed by atoms with Gasteiger partial charge in [-0.3, -0.25) is 14.5 Å². The summed E-state index contributed by atoms with van der Waals surface area (Å²) in [5.41, 5.74) is 3.84. The zero-order valence-electron chi connectivity index (χ0n) is 17.6. The second kappa shape index (κ2) is 8.84. The van der Waals surface area contributed by atoms with Gasteiger partial charge < -0.3 is 9.30 Å². The maximum atomic E-state index is 13.5. The number of benzene rings is 2. The Morgan fingerprint density at radius 1 is 1.00 bits per heavy atom. The van der Waals surface area contributed by atoms with Crippen LogP contribution in [-0.2, 0) is 16.6 Å². The molecule has 156 valence electrons. The van der Waals surface area contributed by atoms with Crippen LogP contribution in [0, 0.1) is 5.92 Å². The molecule has 0 saturated carbocycles. The van der Waals surface area contributed by atoms with Crippen LogP contribution in [0.15, 0.2) is 54.6 Å². The summed E-state index contributed by atoms with van der Waals surface area (Å²) in [7, 11) is 2.02. The molecule has 5 nitrogen and oxygen atoms in total. The Balaban J connectivity index is 1.59. The standard InChI is InChI=1S/C25H28N2O3/c1-3-30-25(29)19-13-15-27(16-14-19)17-22(28)23-20-11-7-8-12-21(20)26(2)24(23)18-9-5-4-6-10-18/h4-12,19H,3,13-17H2,1-2H3. The second-order valence-corrected chi connectivity index (χ2v) is 7.89. The van der Waals surface area contributed by atoms with E-state index in [1.54, 1.807) is 0 Å². The van der Waals surface area contributed by atoms with Gasteiger partial charge >= 0.3 is 5.97 Å². The molecule has 0 bridgehead atoms. The van der Waals surface area contributed by atoms with Gasteiger partial charge in [-0.25, -0.2) is 0 Å². The van der Waals surface area contributed by atoms with Gasteiger partial charge in [-0.1, -0.05) is 48.5 Å². The van der Waals surface area contributed by atoms with E-state index in [-0.39, 0.29) is 17.7 Å². The first-order valence-corrected chi connectivity index (χ1v) is 10.6. The van der Waals surface area contributed by atoms with Crippen molar-refractivity contribution in [2.45, 2.75) is 19.8 Å². The van der Waals surface area contributed by atoms with Crippen LogP contribution < -0.4 is 0 Å². The number of likely N-dealkylation sites (tertiary alicyclic amines) is 1. The van der Waals surface area contributed by atoms with E-state index >= 15 is 0 Å². The van der Waals surface area contributed by atoms with Crippen LogP contribution in [0.25, 0.3) is 22.2 Å². The van der Waals surface area contributed by atoms with Gasteiger partial charge in [0.25, 0.3) is 0 Å². The average Bonchev–Trinajstić information content (AvgIpc) is 3.08. The Kier molecular flexibility index (Phi) is 6.00. The molecule has 30 heavy (non-hydrogen) atoms. The van der Waals surface area contributed by atoms with E-state index in [9.17, 15) is 9.59 Å². The van der Waals surface area contributed by atoms with Gasteiger partial charge in [0.1, 0.15) is 0 Å². The number of fused-ring (bicyclic) bond motifs is 1. The van der Waals surface area contributed by atoms with Crippen LogP contribution in [0.3, 0.4) is 0 Å². The summed E-state index contributed by atoms with van der Waals surface area (Å²) in [5.74, 6) is -0.0298. The average molecular weight is 405 g/mol. The lowest BCUT2D eigenvalue weighted by molar-refractivity contribution is -0.149. The molecular formula is C25H28N2O3. The Morgan fingerprint density at radius 3 is 2.37 bits per heavy atom. The highest BCUT2D eigenvalue weighted by Crippen LogP contribution is 2.33. The number of hydrogen-bond donors (Lipinski definition) is 0. The van der Waals surface area contributed by atoms with Crippen molar-refractivity contribution in [3.63, 3.8) is 0 Å². The maximum Gasteiger partial charge on any atom is 0.309 e. The zero-order valence-corrected chi connectivity index (χ0v) is 17.6. The number of carbonyl (C=O) groups excluding carboxylic acids is 2. The highest BCUT2D eigenvalue weighted by molar-refractivity contribution is 6.14. The number of nitrogens with zero attached hydrogens (tertiary/aromatic N) is 2. The lowest BCUT2D eigenvalue weighted by Gasteiger charge is -2.30. The number of carbonyl (C=O) groups is 2. The normalized spacial score (nSPS) is 15.4. The molecule has 1 fully saturated rings. The molecular weight excluding hydrogens is 376 g/mol. The molecule has 0 unspecified atom stereocenters. The Labute approximate surface area is 177 Å². The molecule has 4 rings (SSSR count). The monoisotopic (exact) mass is 404 g/mol. The van der Waals surface area contributed by atoms with Gasteiger partial charge in [-0.15, -0.1) is 0 Å². The Hall–Kier alpha value is -2.92. The third-order valence-electron chi connectivity index (χ3n) is 6.01. The Morgan fingerprint density at radius 2 is 1.67 bits per heavy atom. The Bertz CT molecular complexity index is 1050. The molecule has 1 aliphatic rings. The first kappa shape index (κ1) is 20.4. The molecule has 1 aromatic heterocycles. The lowest BCUT2D eigenvalue weighted by atomic mass is 9.96. The molecule has 5 heteroatoms. The number of para-hydroxylation sites is 1. The summed E-state index contributed by atoms with van der Waals surface area (Å²) < 4.78 is 7.27. The van der Waals surface area contributed by atoms with Gasteiger partial charge in [0.2, 0.25) is 0 Å². The molecule has 1 aliphatic heterocycles. The number of piperidine rings is 1. The third-order valence-corrected chi connectivity index (χ3v) is 6.01. The third kappa shape index (κ3) is 3.90. The molecule has 2 heterocycles. The van der Waals surface area contributed by atoms with E-state index in [1.165, 1.54) is 0 Å². The zero-order chi connectivity index (χ0) is 21.1. The molecule has 0 atom stereocenters. The number of Topliss-reactive ketones (excluding diaryl/α,β-unsaturated/α-hetero) is 1. The summed E-state index contributed by atoms with van der Waals surface area (Å²) in [4.78, 5) is 27.7. The number of ketones is 1. The molecule has 0 amide bonds. The summed E-state index contributed by atoms with van der Waals surface area (Å²) >= 11 is 0. The van der Waals surface area contributed by atoms with E-state index in [0.717, 1.165) is 53.7 Å². The van der Waals surface area contributed by atoms with Gasteiger partial charge in [-0.05, 0) is 44.5 Å². The largest absolute Gasteiger partial charge is 0.466 e. The van der Waals surface area contributed by atoms with Crippen molar-refractivity contribution in [1.29, 1.82) is 0 Å². The summed E-state index contributed by atoms with van der Waals surface area (Å²) in [5, 5.41) is 0.991. The summed E-state index contributed by atoms with van der Waals surface area (Å²) in [6.07, 6.45) is 1.49. The van der Waals surface area contributed by atoms with E-state index in [2.05, 4.69) is 27.7 Å². The first-order chi connectivity index (χ1) is 14.6. The van der Waals surface area contributed by atoms with E-state index in [0.29, 0.717) is 13.2 Å². The number of aryl methyl sites for hydroxylation is 1. The fraction of sp³-hybridized carbons (Fsp3) is 0.360. The SMILES string of the molecule is CCOC(=O)C1CCN(CC(=O)c2c(-c3ccccc3)n(C)c3ccccc23)CC1. The van der Waals surface area contributed by atoms with Crippen molar-refractivity contribution in [1.82, 2.24) is 9.47 Å². The number of esters is 1. The van der Waals surface area contributed by atoms with Gasteiger partial charge in [-0.2, -0.15) is 0 Å². The van der Waals surface area contributed by atoms with Gasteiger partial charge in [0, 0.05) is 18.0 Å². The molecule has 0 aliphatic carbocycles. The molecule has 0 N–H and O–H groups in total. The van der Waals surface area contributed by atoms with Crippen LogP contribution in [0.2, 0.25) is 0 Å². The quantitative estimate of drug-likeness (QED) is 0.454. The molecule has 2 aromatic carbocycles. The highest BCUT2D eigenvalue weighted by Gasteiger charge is 2.29. The molecule has 1 saturated heterocycles. The van der Waals surface area contributed by atoms with Crippen LogP contribution >= 0.6 is 0 Å². The summed E-state index contributed by atoms with van der Waals surface area (Å²) in [6, 6.07) is 18.2. The fourth-order valence-electron chi connectivity index (χ4n) is 4.48. The number of rotatable bonds is 6. The van der Waals surface area contributed by atoms with Crippen molar-refractivity contribution in [2.75, 3.05) is 26.2 Å². The van der Waals surface area contributed by atoms with Gasteiger partial charge in [0.15, 0.2) is 5.78 Å². The van der Waals surface area contributed by atoms with Crippen LogP contribution in [0.1, 0.15) is 30.1 Å². The van der Waals surface area contributed by atoms with Crippen molar-refractivity contribution in [3.8, 4) is 11.3 Å². The number of ether oxygens (including phenoxy) is 1. The minimum absolute atomic E-state index is 0.0475. The van der Waals surface area contributed by atoms with Gasteiger partial charge in [0.05, 0.1) is 30.3 Å². The van der Waals surface area contributed by atoms with Crippen LogP contribution in [0.5, 0.6) is 0 Å². The molecule has 0 radical (unpaired) electrons. The lowest BCUT2D eigenvalue weighted by Crippen LogP contribution is -2.39.